The Kier molecular flexibility index (Phi) is 14.2. The number of hydrogen-bond donors (Lipinski definition) is 4. The van der Waals surface area contributed by atoms with Gasteiger partial charge in [-0.05, 0) is 170 Å². The van der Waals surface area contributed by atoms with E-state index in [1.807, 2.05) is 6.08 Å². The molecule has 0 aromatic heterocycles. The number of rotatable bonds is 12. The number of aromatic carboxylic acids is 2. The van der Waals surface area contributed by atoms with Crippen molar-refractivity contribution in [2.45, 2.75) is 125 Å². The molecule has 2 aromatic rings. The SMILES string of the molecule is CC(C)CCCC(C)[C@H]1CC[C@H]2[C@H]3CC[C@H]4C[C@@H](CCC=C(c5cc(Cl)c(O)c(C(=O)O)c5)c5cc(Cl)c(O)c(C(=O)O)c5)CC[C@]4(C)[C@H]3CC[C@]12C.[Ca+2]. The van der Waals surface area contributed by atoms with E-state index < -0.39 is 23.4 Å². The molecule has 0 heterocycles. The van der Waals surface area contributed by atoms with Gasteiger partial charge in [-0.25, -0.2) is 9.59 Å². The van der Waals surface area contributed by atoms with Crippen LogP contribution in [-0.4, -0.2) is 70.1 Å². The first kappa shape index (κ1) is 43.7. The maximum atomic E-state index is 12.0. The number of benzene rings is 2. The number of hydrogen-bond acceptors (Lipinski definition) is 4. The van der Waals surface area contributed by atoms with E-state index in [1.165, 1.54) is 101 Å². The molecule has 0 bridgehead atoms. The first-order valence-corrected chi connectivity index (χ1v) is 21.0. The van der Waals surface area contributed by atoms with E-state index >= 15 is 0 Å². The van der Waals surface area contributed by atoms with Crippen LogP contribution < -0.4 is 0 Å². The number of fused-ring (bicyclic) bond motifs is 5. The zero-order valence-electron chi connectivity index (χ0n) is 33.0. The zero-order chi connectivity index (χ0) is 38.4. The van der Waals surface area contributed by atoms with Gasteiger partial charge in [0.05, 0.1) is 10.0 Å². The van der Waals surface area contributed by atoms with Gasteiger partial charge in [0.25, 0.3) is 0 Å². The van der Waals surface area contributed by atoms with E-state index in [0.29, 0.717) is 39.9 Å². The summed E-state index contributed by atoms with van der Waals surface area (Å²) in [6.45, 7) is 12.6. The molecule has 6 nitrogen and oxygen atoms in total. The average Bonchev–Trinajstić information content (AvgIpc) is 3.46. The van der Waals surface area contributed by atoms with Crippen molar-refractivity contribution in [2.24, 2.45) is 58.2 Å². The third-order valence-electron chi connectivity index (χ3n) is 15.1. The summed E-state index contributed by atoms with van der Waals surface area (Å²) in [5, 5.41) is 40.0. The van der Waals surface area contributed by atoms with E-state index in [9.17, 15) is 30.0 Å². The van der Waals surface area contributed by atoms with Crippen molar-refractivity contribution in [3.05, 3.63) is 62.6 Å². The Morgan fingerprint density at radius 1 is 0.796 bits per heavy atom. The summed E-state index contributed by atoms with van der Waals surface area (Å²) in [5.41, 5.74) is 1.58. The number of carboxylic acid groups (broad SMARTS) is 2. The molecule has 4 aliphatic rings. The molecule has 0 amide bonds. The van der Waals surface area contributed by atoms with Crippen molar-refractivity contribution < 1.29 is 30.0 Å². The predicted molar refractivity (Wildman–Crippen MR) is 219 cm³/mol. The fraction of sp³-hybridized carbons (Fsp3) is 0.644. The maximum Gasteiger partial charge on any atom is 2.00 e. The Morgan fingerprint density at radius 3 is 1.94 bits per heavy atom. The topological polar surface area (TPSA) is 115 Å². The van der Waals surface area contributed by atoms with Gasteiger partial charge in [-0.1, -0.05) is 83.2 Å². The Balaban J connectivity index is 0.00000561. The van der Waals surface area contributed by atoms with Crippen LogP contribution in [0.25, 0.3) is 5.57 Å². The van der Waals surface area contributed by atoms with Crippen molar-refractivity contribution in [1.29, 1.82) is 0 Å². The van der Waals surface area contributed by atoms with Crippen molar-refractivity contribution >= 4 is 78.5 Å². The average molecular weight is 808 g/mol. The number of carbonyl (C=O) groups is 2. The normalized spacial score (nSPS) is 30.7. The molecule has 290 valence electrons. The van der Waals surface area contributed by atoms with Crippen LogP contribution in [0.15, 0.2) is 30.3 Å². The summed E-state index contributed by atoms with van der Waals surface area (Å²) >= 11 is 12.6. The van der Waals surface area contributed by atoms with E-state index in [2.05, 4.69) is 34.6 Å². The minimum Gasteiger partial charge on any atom is -0.505 e. The summed E-state index contributed by atoms with van der Waals surface area (Å²) in [7, 11) is 0. The molecule has 4 fully saturated rings. The molecule has 6 rings (SSSR count). The summed E-state index contributed by atoms with van der Waals surface area (Å²) in [6, 6.07) is 5.65. The third kappa shape index (κ3) is 8.54. The summed E-state index contributed by atoms with van der Waals surface area (Å²) in [5.74, 6) is 2.64. The van der Waals surface area contributed by atoms with E-state index in [-0.39, 0.29) is 58.9 Å². The predicted octanol–water partition coefficient (Wildman–Crippen LogP) is 12.4. The first-order chi connectivity index (χ1) is 25.0. The molecule has 9 atom stereocenters. The van der Waals surface area contributed by atoms with Gasteiger partial charge in [-0.2, -0.15) is 0 Å². The molecule has 1 unspecified atom stereocenters. The molecule has 0 saturated heterocycles. The van der Waals surface area contributed by atoms with Crippen LogP contribution in [0.2, 0.25) is 10.0 Å². The van der Waals surface area contributed by atoms with Crippen molar-refractivity contribution in [3.8, 4) is 11.5 Å². The van der Waals surface area contributed by atoms with Gasteiger partial charge in [-0.3, -0.25) is 0 Å². The second kappa shape index (κ2) is 17.6. The van der Waals surface area contributed by atoms with Crippen LogP contribution in [-0.2, 0) is 0 Å². The molecule has 0 aliphatic heterocycles. The minimum absolute atomic E-state index is 0. The molecule has 9 heteroatoms. The number of halogens is 2. The van der Waals surface area contributed by atoms with Crippen LogP contribution in [0.3, 0.4) is 0 Å². The number of aromatic hydroxyl groups is 2. The first-order valence-electron chi connectivity index (χ1n) is 20.3. The molecule has 0 radical (unpaired) electrons. The smallest absolute Gasteiger partial charge is 0.505 e. The molecule has 4 saturated carbocycles. The van der Waals surface area contributed by atoms with Gasteiger partial charge in [0.2, 0.25) is 0 Å². The van der Waals surface area contributed by atoms with Gasteiger partial charge in [0.15, 0.2) is 0 Å². The van der Waals surface area contributed by atoms with Crippen molar-refractivity contribution in [2.75, 3.05) is 0 Å². The molecule has 4 N–H and O–H groups in total. The maximum absolute atomic E-state index is 12.0. The van der Waals surface area contributed by atoms with Gasteiger partial charge >= 0.3 is 49.7 Å². The van der Waals surface area contributed by atoms with Gasteiger partial charge in [-0.15, -0.1) is 0 Å². The summed E-state index contributed by atoms with van der Waals surface area (Å²) < 4.78 is 0. The van der Waals surface area contributed by atoms with Crippen LogP contribution in [0.4, 0.5) is 0 Å². The van der Waals surface area contributed by atoms with Crippen molar-refractivity contribution in [1.82, 2.24) is 0 Å². The molecular weight excluding hydrogens is 747 g/mol. The van der Waals surface area contributed by atoms with Crippen LogP contribution >= 0.6 is 23.2 Å². The molecule has 4 aliphatic carbocycles. The molecule has 0 spiro atoms. The number of allylic oxidation sites excluding steroid dienone is 1. The fourth-order valence-corrected chi connectivity index (χ4v) is 12.8. The number of phenols is 2. The van der Waals surface area contributed by atoms with Gasteiger partial charge in [0.1, 0.15) is 22.6 Å². The van der Waals surface area contributed by atoms with E-state index in [1.54, 1.807) is 0 Å². The van der Waals surface area contributed by atoms with Crippen LogP contribution in [0.5, 0.6) is 11.5 Å². The Hall–Kier alpha value is -1.44. The third-order valence-corrected chi connectivity index (χ3v) is 15.7. The van der Waals surface area contributed by atoms with Crippen LogP contribution in [0, 0.1) is 58.2 Å². The van der Waals surface area contributed by atoms with Crippen molar-refractivity contribution in [3.63, 3.8) is 0 Å². The summed E-state index contributed by atoms with van der Waals surface area (Å²) in [4.78, 5) is 23.9. The largest absolute Gasteiger partial charge is 2.00 e. The molecule has 54 heavy (non-hydrogen) atoms. The van der Waals surface area contributed by atoms with Gasteiger partial charge < -0.3 is 20.4 Å². The Morgan fingerprint density at radius 2 is 1.37 bits per heavy atom. The quantitative estimate of drug-likeness (QED) is 0.159. The summed E-state index contributed by atoms with van der Waals surface area (Å²) in [6.07, 6.45) is 19.8. The zero-order valence-corrected chi connectivity index (χ0v) is 36.7. The minimum atomic E-state index is -1.33. The van der Waals surface area contributed by atoms with E-state index in [4.69, 9.17) is 23.2 Å². The van der Waals surface area contributed by atoms with Gasteiger partial charge in [0, 0.05) is 0 Å². The van der Waals surface area contributed by atoms with E-state index in [0.717, 1.165) is 47.8 Å². The monoisotopic (exact) mass is 806 g/mol. The Bertz CT molecular complexity index is 1670. The number of carboxylic acids is 2. The fourth-order valence-electron chi connectivity index (χ4n) is 12.3. The van der Waals surface area contributed by atoms with Crippen LogP contribution in [0.1, 0.15) is 156 Å². The second-order valence-electron chi connectivity index (χ2n) is 18.3. The molecular formula is C45H60CaCl2O6+2. The molecule has 2 aromatic carbocycles. The standard InChI is InChI=1S/C45H60Cl2O6.Ca/c1-25(2)8-6-9-26(3)35-14-15-36-32-13-12-30-20-27(16-18-44(30,4)37(32)17-19-45(35,36)5)10-7-11-31(28-21-33(42(50)51)40(48)38(46)23-28)29-22-34(43(52)53)41(49)39(47)24-29;/h11,21-27,30,32,35-37,48-49H,6-10,12-20H2,1-5H3,(H,50,51)(H,52,53);/q;+2/t26?,27-,30-,32+,35+,36-,37-,44-,45+;/m0./s1. The second-order valence-corrected chi connectivity index (χ2v) is 19.2. The Labute approximate surface area is 362 Å².